The number of nitrogens with two attached hydrogens (primary N) is 1. The van der Waals surface area contributed by atoms with Gasteiger partial charge in [0, 0.05) is 5.56 Å². The van der Waals surface area contributed by atoms with Crippen molar-refractivity contribution < 1.29 is 9.47 Å². The summed E-state index contributed by atoms with van der Waals surface area (Å²) in [5, 5.41) is 12.0. The second-order valence-corrected chi connectivity index (χ2v) is 7.11. The van der Waals surface area contributed by atoms with E-state index < -0.39 is 0 Å². The number of allylic oxidation sites excluding steroid dienone is 1. The van der Waals surface area contributed by atoms with Crippen molar-refractivity contribution >= 4 is 10.8 Å². The van der Waals surface area contributed by atoms with Gasteiger partial charge in [-0.3, -0.25) is 0 Å². The normalized spacial score (nSPS) is 15.2. The summed E-state index contributed by atoms with van der Waals surface area (Å²) in [4.78, 5) is 0. The predicted molar refractivity (Wildman–Crippen MR) is 116 cm³/mol. The molecular weight excluding hydrogens is 372 g/mol. The molecule has 144 valence electrons. The third kappa shape index (κ3) is 3.03. The highest BCUT2D eigenvalue weighted by Gasteiger charge is 2.32. The average molecular weight is 390 g/mol. The van der Waals surface area contributed by atoms with Crippen LogP contribution in [0.3, 0.4) is 0 Å². The van der Waals surface area contributed by atoms with Crippen molar-refractivity contribution in [3.05, 3.63) is 114 Å². The number of ether oxygens (including phenoxy) is 2. The maximum absolute atomic E-state index is 9.90. The summed E-state index contributed by atoms with van der Waals surface area (Å²) in [5.41, 5.74) is 8.40. The van der Waals surface area contributed by atoms with Crippen molar-refractivity contribution in [2.45, 2.75) is 5.92 Å². The lowest BCUT2D eigenvalue weighted by Crippen LogP contribution is -2.21. The highest BCUT2D eigenvalue weighted by molar-refractivity contribution is 5.90. The Morgan fingerprint density at radius 1 is 0.833 bits per heavy atom. The van der Waals surface area contributed by atoms with Gasteiger partial charge in [-0.2, -0.15) is 5.26 Å². The average Bonchev–Trinajstić information content (AvgIpc) is 2.79. The first-order valence-electron chi connectivity index (χ1n) is 9.66. The SMILES string of the molecule is N#CC1=C(N)Oc2ccc3ccccc3c2[C@H]1c1cccc(Oc2ccccc2)c1. The first kappa shape index (κ1) is 17.8. The van der Waals surface area contributed by atoms with E-state index in [1.807, 2.05) is 84.9 Å². The van der Waals surface area contributed by atoms with E-state index in [4.69, 9.17) is 15.2 Å². The van der Waals surface area contributed by atoms with Crippen LogP contribution in [0.1, 0.15) is 17.0 Å². The molecule has 4 nitrogen and oxygen atoms in total. The molecule has 0 aromatic heterocycles. The molecule has 1 aliphatic rings. The van der Waals surface area contributed by atoms with Gasteiger partial charge >= 0.3 is 0 Å². The second kappa shape index (κ2) is 7.31. The summed E-state index contributed by atoms with van der Waals surface area (Å²) in [6.45, 7) is 0. The number of fused-ring (bicyclic) bond motifs is 3. The fourth-order valence-corrected chi connectivity index (χ4v) is 3.96. The Balaban J connectivity index is 1.68. The third-order valence-electron chi connectivity index (χ3n) is 5.28. The zero-order valence-corrected chi connectivity index (χ0v) is 16.1. The van der Waals surface area contributed by atoms with E-state index in [0.29, 0.717) is 17.1 Å². The van der Waals surface area contributed by atoms with Gasteiger partial charge in [-0.15, -0.1) is 0 Å². The summed E-state index contributed by atoms with van der Waals surface area (Å²) >= 11 is 0. The predicted octanol–water partition coefficient (Wildman–Crippen LogP) is 5.85. The van der Waals surface area contributed by atoms with Gasteiger partial charge in [0.1, 0.15) is 28.9 Å². The molecule has 4 aromatic carbocycles. The van der Waals surface area contributed by atoms with Gasteiger partial charge in [-0.25, -0.2) is 0 Å². The summed E-state index contributed by atoms with van der Waals surface area (Å²) in [7, 11) is 0. The van der Waals surface area contributed by atoms with Gasteiger partial charge in [-0.1, -0.05) is 60.7 Å². The largest absolute Gasteiger partial charge is 0.457 e. The minimum Gasteiger partial charge on any atom is -0.457 e. The van der Waals surface area contributed by atoms with Crippen molar-refractivity contribution in [2.24, 2.45) is 5.73 Å². The van der Waals surface area contributed by atoms with Gasteiger partial charge in [0.15, 0.2) is 0 Å². The number of nitrogens with zero attached hydrogens (tertiary/aromatic N) is 1. The van der Waals surface area contributed by atoms with Crippen molar-refractivity contribution in [2.75, 3.05) is 0 Å². The molecule has 0 saturated carbocycles. The molecular formula is C26H18N2O2. The summed E-state index contributed by atoms with van der Waals surface area (Å²) < 4.78 is 11.8. The minimum absolute atomic E-state index is 0.139. The first-order valence-corrected chi connectivity index (χ1v) is 9.66. The molecule has 0 aliphatic carbocycles. The van der Waals surface area contributed by atoms with Gasteiger partial charge in [0.25, 0.3) is 0 Å². The third-order valence-corrected chi connectivity index (χ3v) is 5.28. The van der Waals surface area contributed by atoms with E-state index in [-0.39, 0.29) is 11.8 Å². The van der Waals surface area contributed by atoms with E-state index in [0.717, 1.165) is 27.6 Å². The Labute approximate surface area is 174 Å². The molecule has 0 bridgehead atoms. The van der Waals surface area contributed by atoms with Crippen LogP contribution >= 0.6 is 0 Å². The number of hydrogen-bond donors (Lipinski definition) is 1. The Bertz CT molecular complexity index is 1320. The summed E-state index contributed by atoms with van der Waals surface area (Å²) in [6.07, 6.45) is 0. The molecule has 1 aliphatic heterocycles. The van der Waals surface area contributed by atoms with Gasteiger partial charge in [-0.05, 0) is 46.7 Å². The molecule has 2 N–H and O–H groups in total. The summed E-state index contributed by atoms with van der Waals surface area (Å²) in [5.74, 6) is 1.92. The number of hydrogen-bond acceptors (Lipinski definition) is 4. The van der Waals surface area contributed by atoms with Crippen LogP contribution in [0.25, 0.3) is 10.8 Å². The summed E-state index contributed by atoms with van der Waals surface area (Å²) in [6, 6.07) is 31.7. The zero-order valence-electron chi connectivity index (χ0n) is 16.1. The quantitative estimate of drug-likeness (QED) is 0.476. The second-order valence-electron chi connectivity index (χ2n) is 7.11. The van der Waals surface area contributed by atoms with E-state index >= 15 is 0 Å². The maximum Gasteiger partial charge on any atom is 0.205 e. The monoisotopic (exact) mass is 390 g/mol. The first-order chi connectivity index (χ1) is 14.7. The molecule has 4 aromatic rings. The van der Waals surface area contributed by atoms with E-state index in [9.17, 15) is 5.26 Å². The Kier molecular flexibility index (Phi) is 4.34. The fraction of sp³-hybridized carbons (Fsp3) is 0.0385. The maximum atomic E-state index is 9.90. The van der Waals surface area contributed by atoms with Gasteiger partial charge < -0.3 is 15.2 Å². The molecule has 0 fully saturated rings. The molecule has 0 unspecified atom stereocenters. The van der Waals surface area contributed by atoms with Crippen molar-refractivity contribution in [3.8, 4) is 23.3 Å². The minimum atomic E-state index is -0.343. The lowest BCUT2D eigenvalue weighted by atomic mass is 9.81. The van der Waals surface area contributed by atoms with E-state index in [2.05, 4.69) is 12.1 Å². The molecule has 0 spiro atoms. The molecule has 0 radical (unpaired) electrons. The van der Waals surface area contributed by atoms with Crippen LogP contribution in [-0.2, 0) is 0 Å². The van der Waals surface area contributed by atoms with E-state index in [1.54, 1.807) is 0 Å². The molecule has 1 atom stereocenters. The van der Waals surface area contributed by atoms with Crippen LogP contribution in [0.2, 0.25) is 0 Å². The van der Waals surface area contributed by atoms with Crippen LogP contribution < -0.4 is 15.2 Å². The molecule has 4 heteroatoms. The van der Waals surface area contributed by atoms with Crippen molar-refractivity contribution in [3.63, 3.8) is 0 Å². The fourth-order valence-electron chi connectivity index (χ4n) is 3.96. The highest BCUT2D eigenvalue weighted by atomic mass is 16.5. The van der Waals surface area contributed by atoms with Crippen LogP contribution in [0.15, 0.2) is 102 Å². The van der Waals surface area contributed by atoms with Crippen molar-refractivity contribution in [1.82, 2.24) is 0 Å². The van der Waals surface area contributed by atoms with Gasteiger partial charge in [0.2, 0.25) is 5.88 Å². The number of nitriles is 1. The molecule has 1 heterocycles. The lowest BCUT2D eigenvalue weighted by Gasteiger charge is -2.28. The standard InChI is InChI=1S/C26H18N2O2/c27-16-22-24(18-8-6-11-20(15-18)29-19-9-2-1-3-10-19)25-21-12-5-4-7-17(21)13-14-23(25)30-26(22)28/h1-15,24H,28H2/t24-/m0/s1. The van der Waals surface area contributed by atoms with Crippen molar-refractivity contribution in [1.29, 1.82) is 5.26 Å². The smallest absolute Gasteiger partial charge is 0.205 e. The lowest BCUT2D eigenvalue weighted by molar-refractivity contribution is 0.395. The molecule has 0 amide bonds. The number of para-hydroxylation sites is 1. The topological polar surface area (TPSA) is 68.3 Å². The van der Waals surface area contributed by atoms with Crippen LogP contribution in [0.5, 0.6) is 17.2 Å². The number of rotatable bonds is 3. The molecule has 30 heavy (non-hydrogen) atoms. The van der Waals surface area contributed by atoms with Gasteiger partial charge in [0.05, 0.1) is 5.92 Å². The Morgan fingerprint density at radius 2 is 1.60 bits per heavy atom. The van der Waals surface area contributed by atoms with Crippen LogP contribution in [-0.4, -0.2) is 0 Å². The Morgan fingerprint density at radius 3 is 2.43 bits per heavy atom. The molecule has 5 rings (SSSR count). The Hall–Kier alpha value is -4.23. The number of benzene rings is 4. The highest BCUT2D eigenvalue weighted by Crippen LogP contribution is 2.46. The zero-order chi connectivity index (χ0) is 20.5. The van der Waals surface area contributed by atoms with Crippen LogP contribution in [0.4, 0.5) is 0 Å². The van der Waals surface area contributed by atoms with Crippen LogP contribution in [0, 0.1) is 11.3 Å². The van der Waals surface area contributed by atoms with E-state index in [1.165, 1.54) is 0 Å². The molecule has 0 saturated heterocycles.